The molecule has 0 heterocycles. The Morgan fingerprint density at radius 2 is 1.04 bits per heavy atom. The number of benzene rings is 8. The molecule has 0 aromatic heterocycles. The minimum Gasteiger partial charge on any atom is -0.310 e. The van der Waals surface area contributed by atoms with Crippen LogP contribution in [0.4, 0.5) is 17.1 Å². The lowest BCUT2D eigenvalue weighted by Gasteiger charge is -2.28. The Morgan fingerprint density at radius 1 is 0.458 bits per heavy atom. The zero-order valence-corrected chi connectivity index (χ0v) is 27.5. The van der Waals surface area contributed by atoms with Crippen LogP contribution in [0.15, 0.2) is 152 Å². The van der Waals surface area contributed by atoms with Gasteiger partial charge in [0.25, 0.3) is 0 Å². The Morgan fingerprint density at radius 3 is 1.79 bits per heavy atom. The summed E-state index contributed by atoms with van der Waals surface area (Å²) in [7, 11) is 0. The van der Waals surface area contributed by atoms with Gasteiger partial charge in [-0.2, -0.15) is 0 Å². The maximum absolute atomic E-state index is 2.42. The number of anilines is 3. The Kier molecular flexibility index (Phi) is 7.20. The average Bonchev–Trinajstić information content (AvgIpc) is 3.16. The summed E-state index contributed by atoms with van der Waals surface area (Å²) in [5.41, 5.74) is 11.2. The number of aryl methyl sites for hydroxylation is 1. The van der Waals surface area contributed by atoms with Crippen LogP contribution < -0.4 is 4.90 Å². The molecule has 0 N–H and O–H groups in total. The fourth-order valence-electron chi connectivity index (χ4n) is 8.29. The molecule has 0 spiro atoms. The Balaban J connectivity index is 1.17. The van der Waals surface area contributed by atoms with Crippen LogP contribution in [-0.4, -0.2) is 0 Å². The largest absolute Gasteiger partial charge is 0.310 e. The smallest absolute Gasteiger partial charge is 0.0540 e. The summed E-state index contributed by atoms with van der Waals surface area (Å²) in [4.78, 5) is 2.39. The minimum absolute atomic E-state index is 0.679. The fraction of sp³-hybridized carbons (Fsp3) is 0.149. The second kappa shape index (κ2) is 12.0. The number of rotatable bonds is 6. The molecule has 1 aliphatic carbocycles. The molecule has 0 saturated heterocycles. The van der Waals surface area contributed by atoms with Crippen LogP contribution >= 0.6 is 0 Å². The highest BCUT2D eigenvalue weighted by atomic mass is 15.1. The summed E-state index contributed by atoms with van der Waals surface area (Å²) >= 11 is 0. The molecule has 1 aliphatic rings. The third-order valence-corrected chi connectivity index (χ3v) is 10.7. The second-order valence-electron chi connectivity index (χ2n) is 13.6. The highest BCUT2D eigenvalue weighted by Crippen LogP contribution is 2.45. The molecule has 0 amide bonds. The van der Waals surface area contributed by atoms with Crippen molar-refractivity contribution in [3.05, 3.63) is 163 Å². The maximum Gasteiger partial charge on any atom is 0.0540 e. The summed E-state index contributed by atoms with van der Waals surface area (Å²) in [5.74, 6) is 0.679. The van der Waals surface area contributed by atoms with Crippen LogP contribution in [0.2, 0.25) is 0 Å². The summed E-state index contributed by atoms with van der Waals surface area (Å²) in [6, 6.07) is 56.4. The maximum atomic E-state index is 2.42. The zero-order chi connectivity index (χ0) is 32.0. The average molecular weight is 618 g/mol. The molecule has 48 heavy (non-hydrogen) atoms. The van der Waals surface area contributed by atoms with Crippen LogP contribution in [0.25, 0.3) is 54.6 Å². The van der Waals surface area contributed by atoms with Crippen LogP contribution in [0.5, 0.6) is 0 Å². The highest BCUT2D eigenvalue weighted by Gasteiger charge is 2.21. The van der Waals surface area contributed by atoms with Gasteiger partial charge >= 0.3 is 0 Å². The van der Waals surface area contributed by atoms with Crippen molar-refractivity contribution in [3.8, 4) is 22.3 Å². The molecule has 232 valence electrons. The zero-order valence-electron chi connectivity index (χ0n) is 27.5. The van der Waals surface area contributed by atoms with Gasteiger partial charge in [0.15, 0.2) is 0 Å². The summed E-state index contributed by atoms with van der Waals surface area (Å²) in [6.07, 6.45) is 6.72. The van der Waals surface area contributed by atoms with E-state index in [9.17, 15) is 0 Å². The predicted octanol–water partition coefficient (Wildman–Crippen LogP) is 13.7. The SMILES string of the molecule is Cc1ccc(N(c2ccc(-c3ccc4ccc5c(C6CCCCC6)ccc6ccc3c4c65)cc2)c2ccccc2-c2ccccc2)cc1. The quantitative estimate of drug-likeness (QED) is 0.168. The minimum atomic E-state index is 0.679. The third kappa shape index (κ3) is 4.93. The van der Waals surface area contributed by atoms with Crippen molar-refractivity contribution in [3.63, 3.8) is 0 Å². The van der Waals surface area contributed by atoms with Crippen molar-refractivity contribution in [2.24, 2.45) is 0 Å². The van der Waals surface area contributed by atoms with E-state index in [0.717, 1.165) is 17.1 Å². The fourth-order valence-corrected chi connectivity index (χ4v) is 8.29. The lowest BCUT2D eigenvalue weighted by Crippen LogP contribution is -2.11. The van der Waals surface area contributed by atoms with Crippen molar-refractivity contribution in [2.45, 2.75) is 44.9 Å². The van der Waals surface area contributed by atoms with E-state index < -0.39 is 0 Å². The number of hydrogen-bond acceptors (Lipinski definition) is 1. The molecule has 0 unspecified atom stereocenters. The van der Waals surface area contributed by atoms with Crippen molar-refractivity contribution in [2.75, 3.05) is 4.90 Å². The molecule has 1 nitrogen and oxygen atoms in total. The van der Waals surface area contributed by atoms with Crippen LogP contribution in [0.1, 0.15) is 49.1 Å². The van der Waals surface area contributed by atoms with E-state index >= 15 is 0 Å². The molecule has 1 saturated carbocycles. The Hall–Kier alpha value is -5.40. The Labute approximate surface area is 283 Å². The molecule has 1 heteroatoms. The van der Waals surface area contributed by atoms with Crippen LogP contribution in [0.3, 0.4) is 0 Å². The molecule has 1 fully saturated rings. The van der Waals surface area contributed by atoms with Crippen molar-refractivity contribution in [1.29, 1.82) is 0 Å². The number of nitrogens with zero attached hydrogens (tertiary/aromatic N) is 1. The topological polar surface area (TPSA) is 3.24 Å². The van der Waals surface area contributed by atoms with Gasteiger partial charge in [-0.3, -0.25) is 0 Å². The van der Waals surface area contributed by atoms with E-state index in [0.29, 0.717) is 5.92 Å². The summed E-state index contributed by atoms with van der Waals surface area (Å²) < 4.78 is 0. The van der Waals surface area contributed by atoms with Crippen molar-refractivity contribution < 1.29 is 0 Å². The molecule has 0 atom stereocenters. The molecule has 0 radical (unpaired) electrons. The van der Waals surface area contributed by atoms with Gasteiger partial charge in [-0.25, -0.2) is 0 Å². The van der Waals surface area contributed by atoms with Crippen LogP contribution in [0, 0.1) is 6.92 Å². The van der Waals surface area contributed by atoms with Crippen LogP contribution in [-0.2, 0) is 0 Å². The van der Waals surface area contributed by atoms with Gasteiger partial charge in [-0.15, -0.1) is 0 Å². The first kappa shape index (κ1) is 28.8. The standard InChI is InChI=1S/C47H39N/c1-32-16-24-38(25-17-32)48(45-15-9-8-14-42(45)34-12-6-3-7-13-34)39-26-18-35(19-27-39)41-29-21-37-22-30-43-40(33-10-4-2-5-11-33)28-20-36-23-31-44(41)47(37)46(36)43/h3,6-9,12-31,33H,2,4-5,10-11H2,1H3. The molecule has 0 aliphatic heterocycles. The van der Waals surface area contributed by atoms with Gasteiger partial charge in [-0.1, -0.05) is 146 Å². The number of para-hydroxylation sites is 1. The molecular formula is C47H39N. The van der Waals surface area contributed by atoms with Gasteiger partial charge in [0.1, 0.15) is 0 Å². The highest BCUT2D eigenvalue weighted by molar-refractivity contribution is 6.26. The van der Waals surface area contributed by atoms with E-state index in [1.54, 1.807) is 5.56 Å². The van der Waals surface area contributed by atoms with E-state index in [4.69, 9.17) is 0 Å². The first-order chi connectivity index (χ1) is 23.7. The van der Waals surface area contributed by atoms with Gasteiger partial charge in [-0.05, 0) is 111 Å². The van der Waals surface area contributed by atoms with E-state index in [-0.39, 0.29) is 0 Å². The molecule has 0 bridgehead atoms. The van der Waals surface area contributed by atoms with E-state index in [1.165, 1.54) is 92.2 Å². The van der Waals surface area contributed by atoms with Gasteiger partial charge < -0.3 is 4.90 Å². The van der Waals surface area contributed by atoms with Crippen molar-refractivity contribution >= 4 is 49.4 Å². The normalized spacial score (nSPS) is 13.9. The molecule has 8 aromatic carbocycles. The van der Waals surface area contributed by atoms with Crippen molar-refractivity contribution in [1.82, 2.24) is 0 Å². The Bertz CT molecular complexity index is 2360. The third-order valence-electron chi connectivity index (χ3n) is 10.7. The predicted molar refractivity (Wildman–Crippen MR) is 206 cm³/mol. The molecule has 9 rings (SSSR count). The molecule has 8 aromatic rings. The lowest BCUT2D eigenvalue weighted by atomic mass is 9.80. The van der Waals surface area contributed by atoms with Gasteiger partial charge in [0.05, 0.1) is 5.69 Å². The van der Waals surface area contributed by atoms with Gasteiger partial charge in [0.2, 0.25) is 0 Å². The summed E-state index contributed by atoms with van der Waals surface area (Å²) in [5, 5.41) is 8.31. The first-order valence-electron chi connectivity index (χ1n) is 17.5. The van der Waals surface area contributed by atoms with E-state index in [1.807, 2.05) is 0 Å². The monoisotopic (exact) mass is 617 g/mol. The van der Waals surface area contributed by atoms with E-state index in [2.05, 4.69) is 163 Å². The number of hydrogen-bond donors (Lipinski definition) is 0. The molecular weight excluding hydrogens is 579 g/mol. The summed E-state index contributed by atoms with van der Waals surface area (Å²) in [6.45, 7) is 2.15. The second-order valence-corrected chi connectivity index (χ2v) is 13.6. The first-order valence-corrected chi connectivity index (χ1v) is 17.5. The van der Waals surface area contributed by atoms with Gasteiger partial charge in [0, 0.05) is 16.9 Å². The lowest BCUT2D eigenvalue weighted by molar-refractivity contribution is 0.445.